The summed E-state index contributed by atoms with van der Waals surface area (Å²) >= 11 is 3.48. The largest absolute Gasteiger partial charge is 0.378 e. The molecule has 5 nitrogen and oxygen atoms in total. The molecule has 0 spiro atoms. The molecule has 19 heavy (non-hydrogen) atoms. The monoisotopic (exact) mass is 325 g/mol. The zero-order valence-corrected chi connectivity index (χ0v) is 12.2. The van der Waals surface area contributed by atoms with Crippen LogP contribution < -0.4 is 9.80 Å². The van der Waals surface area contributed by atoms with Gasteiger partial charge in [-0.3, -0.25) is 9.69 Å². The zero-order valence-electron chi connectivity index (χ0n) is 10.6. The first-order valence-electron chi connectivity index (χ1n) is 6.47. The van der Waals surface area contributed by atoms with Crippen molar-refractivity contribution in [1.82, 2.24) is 4.98 Å². The number of anilines is 2. The van der Waals surface area contributed by atoms with Crippen molar-refractivity contribution in [3.8, 4) is 0 Å². The molecular weight excluding hydrogens is 310 g/mol. The highest BCUT2D eigenvalue weighted by Gasteiger charge is 2.29. The molecule has 0 bridgehead atoms. The number of hydrogen-bond acceptors (Lipinski definition) is 4. The van der Waals surface area contributed by atoms with E-state index in [9.17, 15) is 4.79 Å². The van der Waals surface area contributed by atoms with Gasteiger partial charge < -0.3 is 9.64 Å². The number of carbonyl (C=O) groups excluding carboxylic acids is 1. The fourth-order valence-electron chi connectivity index (χ4n) is 2.43. The summed E-state index contributed by atoms with van der Waals surface area (Å²) in [6.45, 7) is 4.01. The highest BCUT2D eigenvalue weighted by Crippen LogP contribution is 2.25. The van der Waals surface area contributed by atoms with E-state index in [1.54, 1.807) is 4.90 Å². The number of morpholine rings is 1. The second-order valence-corrected chi connectivity index (χ2v) is 6.07. The standard InChI is InChI=1S/C13H16BrN3O2/c14-10-7-13(18)17(9-10)12-2-1-11(8-15-12)16-3-5-19-6-4-16/h1-2,8,10H,3-7,9H2. The van der Waals surface area contributed by atoms with E-state index in [4.69, 9.17) is 4.74 Å². The van der Waals surface area contributed by atoms with Gasteiger partial charge in [-0.2, -0.15) is 0 Å². The van der Waals surface area contributed by atoms with Crippen molar-refractivity contribution >= 4 is 33.3 Å². The van der Waals surface area contributed by atoms with Gasteiger partial charge in [-0.25, -0.2) is 4.98 Å². The van der Waals surface area contributed by atoms with Gasteiger partial charge in [-0.1, -0.05) is 15.9 Å². The van der Waals surface area contributed by atoms with Crippen molar-refractivity contribution in [2.75, 3.05) is 42.6 Å². The predicted octanol–water partition coefficient (Wildman–Crippen LogP) is 1.42. The van der Waals surface area contributed by atoms with Crippen LogP contribution in [0.15, 0.2) is 18.3 Å². The van der Waals surface area contributed by atoms with Crippen LogP contribution in [0.2, 0.25) is 0 Å². The van der Waals surface area contributed by atoms with Crippen molar-refractivity contribution in [2.45, 2.75) is 11.2 Å². The van der Waals surface area contributed by atoms with Crippen LogP contribution in [0.3, 0.4) is 0 Å². The average Bonchev–Trinajstić information content (AvgIpc) is 2.79. The van der Waals surface area contributed by atoms with Crippen molar-refractivity contribution in [2.24, 2.45) is 0 Å². The number of rotatable bonds is 2. The third-order valence-corrected chi connectivity index (χ3v) is 4.08. The molecule has 1 amide bonds. The van der Waals surface area contributed by atoms with Gasteiger partial charge in [0, 0.05) is 30.9 Å². The van der Waals surface area contributed by atoms with E-state index in [1.807, 2.05) is 18.3 Å². The normalized spacial score (nSPS) is 24.1. The first-order chi connectivity index (χ1) is 9.24. The van der Waals surface area contributed by atoms with Gasteiger partial charge in [-0.15, -0.1) is 0 Å². The smallest absolute Gasteiger partial charge is 0.229 e. The molecule has 2 aliphatic heterocycles. The molecule has 0 N–H and O–H groups in total. The highest BCUT2D eigenvalue weighted by molar-refractivity contribution is 9.09. The summed E-state index contributed by atoms with van der Waals surface area (Å²) in [5, 5.41) is 0. The third kappa shape index (κ3) is 2.74. The summed E-state index contributed by atoms with van der Waals surface area (Å²) in [5.74, 6) is 0.873. The van der Waals surface area contributed by atoms with Crippen LogP contribution in [0.25, 0.3) is 0 Å². The molecule has 1 aromatic rings. The van der Waals surface area contributed by atoms with Crippen molar-refractivity contribution in [1.29, 1.82) is 0 Å². The molecule has 2 saturated heterocycles. The maximum Gasteiger partial charge on any atom is 0.229 e. The fraction of sp³-hybridized carbons (Fsp3) is 0.538. The molecule has 2 aliphatic rings. The molecule has 2 fully saturated rings. The summed E-state index contributed by atoms with van der Waals surface area (Å²) in [4.78, 5) is 20.4. The van der Waals surface area contributed by atoms with E-state index in [1.165, 1.54) is 0 Å². The second-order valence-electron chi connectivity index (χ2n) is 4.78. The Morgan fingerprint density at radius 1 is 1.32 bits per heavy atom. The Hall–Kier alpha value is -1.14. The lowest BCUT2D eigenvalue weighted by atomic mass is 10.3. The summed E-state index contributed by atoms with van der Waals surface area (Å²) in [6, 6.07) is 3.95. The van der Waals surface area contributed by atoms with E-state index >= 15 is 0 Å². The number of aromatic nitrogens is 1. The number of carbonyl (C=O) groups is 1. The lowest BCUT2D eigenvalue weighted by molar-refractivity contribution is -0.117. The van der Waals surface area contributed by atoms with Crippen LogP contribution in [0.4, 0.5) is 11.5 Å². The zero-order chi connectivity index (χ0) is 13.2. The van der Waals surface area contributed by atoms with Crippen molar-refractivity contribution in [3.63, 3.8) is 0 Å². The number of alkyl halides is 1. The molecule has 102 valence electrons. The average molecular weight is 326 g/mol. The lowest BCUT2D eigenvalue weighted by Gasteiger charge is -2.28. The van der Waals surface area contributed by atoms with E-state index < -0.39 is 0 Å². The van der Waals surface area contributed by atoms with Gasteiger partial charge in [0.25, 0.3) is 0 Å². The topological polar surface area (TPSA) is 45.7 Å². The summed E-state index contributed by atoms with van der Waals surface area (Å²) < 4.78 is 5.33. The minimum Gasteiger partial charge on any atom is -0.378 e. The van der Waals surface area contributed by atoms with Gasteiger partial charge in [-0.05, 0) is 12.1 Å². The molecule has 1 aromatic heterocycles. The molecule has 1 unspecified atom stereocenters. The quantitative estimate of drug-likeness (QED) is 0.771. The van der Waals surface area contributed by atoms with Gasteiger partial charge in [0.2, 0.25) is 5.91 Å². The van der Waals surface area contributed by atoms with Crippen LogP contribution in [0, 0.1) is 0 Å². The summed E-state index contributed by atoms with van der Waals surface area (Å²) in [6.07, 6.45) is 2.39. The van der Waals surface area contributed by atoms with Gasteiger partial charge >= 0.3 is 0 Å². The van der Waals surface area contributed by atoms with Gasteiger partial charge in [0.15, 0.2) is 0 Å². The Labute approximate surface area is 120 Å². The number of hydrogen-bond donors (Lipinski definition) is 0. The Balaban J connectivity index is 1.73. The SMILES string of the molecule is O=C1CC(Br)CN1c1ccc(N2CCOCC2)cn1. The number of nitrogens with zero attached hydrogens (tertiary/aromatic N) is 3. The Kier molecular flexibility index (Phi) is 3.70. The van der Waals surface area contributed by atoms with Crippen LogP contribution in [-0.4, -0.2) is 48.6 Å². The van der Waals surface area contributed by atoms with Crippen LogP contribution in [-0.2, 0) is 9.53 Å². The fourth-order valence-corrected chi connectivity index (χ4v) is 3.00. The van der Waals surface area contributed by atoms with Crippen LogP contribution >= 0.6 is 15.9 Å². The van der Waals surface area contributed by atoms with Crippen molar-refractivity contribution in [3.05, 3.63) is 18.3 Å². The Bertz CT molecular complexity index is 459. The minimum atomic E-state index is 0.133. The van der Waals surface area contributed by atoms with E-state index in [2.05, 4.69) is 25.8 Å². The summed E-state index contributed by atoms with van der Waals surface area (Å²) in [7, 11) is 0. The van der Waals surface area contributed by atoms with Crippen molar-refractivity contribution < 1.29 is 9.53 Å². The second kappa shape index (κ2) is 5.46. The first-order valence-corrected chi connectivity index (χ1v) is 7.39. The Morgan fingerprint density at radius 2 is 2.11 bits per heavy atom. The molecule has 3 heterocycles. The number of ether oxygens (including phenoxy) is 1. The molecule has 1 atom stereocenters. The lowest BCUT2D eigenvalue weighted by Crippen LogP contribution is -2.36. The van der Waals surface area contributed by atoms with Gasteiger partial charge in [0.05, 0.1) is 25.1 Å². The number of halogens is 1. The Morgan fingerprint density at radius 3 is 2.68 bits per heavy atom. The summed E-state index contributed by atoms with van der Waals surface area (Å²) in [5.41, 5.74) is 1.09. The molecular formula is C13H16BrN3O2. The van der Waals surface area contributed by atoms with E-state index in [0.717, 1.165) is 37.8 Å². The first kappa shape index (κ1) is 12.9. The maximum absolute atomic E-state index is 11.8. The molecule has 0 aromatic carbocycles. The van der Waals surface area contributed by atoms with Crippen LogP contribution in [0.5, 0.6) is 0 Å². The third-order valence-electron chi connectivity index (χ3n) is 3.46. The number of pyridine rings is 1. The maximum atomic E-state index is 11.8. The molecule has 6 heteroatoms. The molecule has 0 saturated carbocycles. The molecule has 3 rings (SSSR count). The van der Waals surface area contributed by atoms with Crippen LogP contribution in [0.1, 0.15) is 6.42 Å². The molecule has 0 aliphatic carbocycles. The van der Waals surface area contributed by atoms with E-state index in [0.29, 0.717) is 13.0 Å². The number of amides is 1. The minimum absolute atomic E-state index is 0.133. The highest BCUT2D eigenvalue weighted by atomic mass is 79.9. The molecule has 0 radical (unpaired) electrons. The van der Waals surface area contributed by atoms with E-state index in [-0.39, 0.29) is 10.7 Å². The van der Waals surface area contributed by atoms with Gasteiger partial charge in [0.1, 0.15) is 5.82 Å². The predicted molar refractivity (Wildman–Crippen MR) is 77.0 cm³/mol.